The van der Waals surface area contributed by atoms with Gasteiger partial charge in [0, 0.05) is 37.3 Å². The lowest BCUT2D eigenvalue weighted by Crippen LogP contribution is -2.24. The molecule has 0 saturated carbocycles. The lowest BCUT2D eigenvalue weighted by Gasteiger charge is -2.16. The van der Waals surface area contributed by atoms with Crippen LogP contribution in [0.15, 0.2) is 18.2 Å². The molecule has 0 aliphatic carbocycles. The molecule has 40 heavy (non-hydrogen) atoms. The van der Waals surface area contributed by atoms with Crippen molar-refractivity contribution >= 4 is 28.8 Å². The SMILES string of the molecule is CCCCCCCCCCCCOCCCN(C=O)c1[nH]c2ccc(OCCOCCOCCCC)cc2c1N. The molecule has 0 unspecified atom stereocenters. The second-order valence-corrected chi connectivity index (χ2v) is 10.5. The minimum absolute atomic E-state index is 0.442. The Morgan fingerprint density at radius 2 is 1.30 bits per heavy atom. The smallest absolute Gasteiger partial charge is 0.215 e. The van der Waals surface area contributed by atoms with Crippen LogP contribution in [0, 0.1) is 0 Å². The van der Waals surface area contributed by atoms with E-state index in [9.17, 15) is 4.79 Å². The molecular formula is C32H55N3O5. The monoisotopic (exact) mass is 561 g/mol. The number of hydrogen-bond donors (Lipinski definition) is 2. The largest absolute Gasteiger partial charge is 0.491 e. The normalized spacial score (nSPS) is 11.3. The number of carbonyl (C=O) groups excluding carboxylic acids is 1. The van der Waals surface area contributed by atoms with Crippen molar-refractivity contribution in [1.29, 1.82) is 0 Å². The second-order valence-electron chi connectivity index (χ2n) is 10.5. The summed E-state index contributed by atoms with van der Waals surface area (Å²) >= 11 is 0. The first-order chi connectivity index (χ1) is 19.7. The standard InChI is InChI=1S/C32H55N3O5/c1-3-5-7-8-9-10-11-12-13-14-20-37-21-15-18-35(27-36)32-31(33)29-26-28(16-17-30(29)34-32)40-25-24-39-23-22-38-19-6-4-2/h16-17,26-27,34H,3-15,18-25,33H2,1-2H3. The first-order valence-corrected chi connectivity index (χ1v) is 15.7. The fraction of sp³-hybridized carbons (Fsp3) is 0.719. The number of unbranched alkanes of at least 4 members (excludes halogenated alkanes) is 10. The number of ether oxygens (including phenoxy) is 4. The number of nitrogens with zero attached hydrogens (tertiary/aromatic N) is 1. The van der Waals surface area contributed by atoms with Gasteiger partial charge in [-0.2, -0.15) is 0 Å². The van der Waals surface area contributed by atoms with Crippen LogP contribution >= 0.6 is 0 Å². The Kier molecular flexibility index (Phi) is 19.0. The van der Waals surface area contributed by atoms with Crippen LogP contribution in [-0.4, -0.2) is 64.2 Å². The Hall–Kier alpha value is -2.29. The summed E-state index contributed by atoms with van der Waals surface area (Å²) in [4.78, 5) is 16.7. The number of hydrogen-bond acceptors (Lipinski definition) is 6. The van der Waals surface area contributed by atoms with E-state index in [1.807, 2.05) is 18.2 Å². The summed E-state index contributed by atoms with van der Waals surface area (Å²) in [5.41, 5.74) is 7.83. The Bertz CT molecular complexity index is 904. The third-order valence-electron chi connectivity index (χ3n) is 7.04. The highest BCUT2D eigenvalue weighted by atomic mass is 16.5. The van der Waals surface area contributed by atoms with E-state index in [0.29, 0.717) is 56.8 Å². The minimum atomic E-state index is 0.442. The second kappa shape index (κ2) is 22.4. The fourth-order valence-corrected chi connectivity index (χ4v) is 4.63. The highest BCUT2D eigenvalue weighted by Crippen LogP contribution is 2.33. The van der Waals surface area contributed by atoms with Gasteiger partial charge in [-0.15, -0.1) is 0 Å². The molecule has 3 N–H and O–H groups in total. The quantitative estimate of drug-likeness (QED) is 0.0880. The molecule has 0 atom stereocenters. The number of rotatable bonds is 27. The van der Waals surface area contributed by atoms with Gasteiger partial charge in [-0.3, -0.25) is 9.69 Å². The summed E-state index contributed by atoms with van der Waals surface area (Å²) in [5, 5.41) is 0.835. The number of anilines is 2. The van der Waals surface area contributed by atoms with Crippen molar-refractivity contribution in [2.45, 2.75) is 97.3 Å². The number of nitrogens with two attached hydrogens (primary N) is 1. The van der Waals surface area contributed by atoms with Gasteiger partial charge in [0.05, 0.1) is 25.5 Å². The van der Waals surface area contributed by atoms with Crippen molar-refractivity contribution in [1.82, 2.24) is 4.98 Å². The van der Waals surface area contributed by atoms with Crippen molar-refractivity contribution in [2.75, 3.05) is 63.4 Å². The van der Waals surface area contributed by atoms with Gasteiger partial charge in [0.2, 0.25) is 6.41 Å². The molecule has 228 valence electrons. The number of nitrogens with one attached hydrogen (secondary N) is 1. The highest BCUT2D eigenvalue weighted by Gasteiger charge is 2.15. The Labute approximate surface area is 242 Å². The zero-order valence-corrected chi connectivity index (χ0v) is 25.2. The van der Waals surface area contributed by atoms with E-state index in [1.165, 1.54) is 57.8 Å². The first kappa shape index (κ1) is 33.9. The molecule has 0 aliphatic rings. The third-order valence-corrected chi connectivity index (χ3v) is 7.04. The van der Waals surface area contributed by atoms with E-state index in [4.69, 9.17) is 24.7 Å². The summed E-state index contributed by atoms with van der Waals surface area (Å²) in [6, 6.07) is 5.71. The van der Waals surface area contributed by atoms with Crippen LogP contribution in [-0.2, 0) is 19.0 Å². The maximum atomic E-state index is 11.8. The summed E-state index contributed by atoms with van der Waals surface area (Å²) in [5.74, 6) is 1.33. The average molecular weight is 562 g/mol. The van der Waals surface area contributed by atoms with Crippen molar-refractivity contribution in [3.63, 3.8) is 0 Å². The predicted octanol–water partition coefficient (Wildman–Crippen LogP) is 7.25. The summed E-state index contributed by atoms with van der Waals surface area (Å²) in [7, 11) is 0. The number of nitrogen functional groups attached to an aromatic ring is 1. The van der Waals surface area contributed by atoms with Gasteiger partial charge >= 0.3 is 0 Å². The molecule has 0 aliphatic heterocycles. The topological polar surface area (TPSA) is 99.0 Å². The van der Waals surface area contributed by atoms with Crippen LogP contribution in [0.4, 0.5) is 11.5 Å². The number of aromatic nitrogens is 1. The maximum Gasteiger partial charge on any atom is 0.215 e. The van der Waals surface area contributed by atoms with Crippen molar-refractivity contribution in [3.05, 3.63) is 18.2 Å². The van der Waals surface area contributed by atoms with Crippen molar-refractivity contribution in [2.24, 2.45) is 0 Å². The zero-order valence-electron chi connectivity index (χ0n) is 25.2. The van der Waals surface area contributed by atoms with Crippen LogP contribution in [0.1, 0.15) is 97.3 Å². The van der Waals surface area contributed by atoms with Crippen LogP contribution in [0.5, 0.6) is 5.75 Å². The summed E-state index contributed by atoms with van der Waals surface area (Å²) in [6.45, 7) is 9.25. The molecule has 0 radical (unpaired) electrons. The Balaban J connectivity index is 1.61. The number of fused-ring (bicyclic) bond motifs is 1. The predicted molar refractivity (Wildman–Crippen MR) is 165 cm³/mol. The van der Waals surface area contributed by atoms with Crippen LogP contribution < -0.4 is 15.4 Å². The molecule has 1 aromatic heterocycles. The number of amides is 1. The van der Waals surface area contributed by atoms with E-state index < -0.39 is 0 Å². The van der Waals surface area contributed by atoms with Gasteiger partial charge in [-0.05, 0) is 37.5 Å². The fourth-order valence-electron chi connectivity index (χ4n) is 4.63. The van der Waals surface area contributed by atoms with E-state index in [-0.39, 0.29) is 0 Å². The maximum absolute atomic E-state index is 11.8. The number of benzene rings is 1. The van der Waals surface area contributed by atoms with Crippen LogP contribution in [0.3, 0.4) is 0 Å². The van der Waals surface area contributed by atoms with Gasteiger partial charge in [-0.1, -0.05) is 78.1 Å². The molecule has 2 rings (SSSR count). The molecule has 1 heterocycles. The lowest BCUT2D eigenvalue weighted by atomic mass is 10.1. The van der Waals surface area contributed by atoms with Crippen LogP contribution in [0.25, 0.3) is 10.9 Å². The molecule has 2 aromatic rings. The summed E-state index contributed by atoms with van der Waals surface area (Å²) in [6.07, 6.45) is 17.0. The molecule has 0 saturated heterocycles. The van der Waals surface area contributed by atoms with Crippen molar-refractivity contribution in [3.8, 4) is 5.75 Å². The molecule has 1 aromatic carbocycles. The van der Waals surface area contributed by atoms with E-state index >= 15 is 0 Å². The summed E-state index contributed by atoms with van der Waals surface area (Å²) < 4.78 is 22.7. The molecule has 0 spiro atoms. The number of carbonyl (C=O) groups is 1. The van der Waals surface area contributed by atoms with E-state index in [1.54, 1.807) is 4.90 Å². The van der Waals surface area contributed by atoms with E-state index in [0.717, 1.165) is 56.2 Å². The molecule has 0 fully saturated rings. The molecule has 1 amide bonds. The zero-order chi connectivity index (χ0) is 28.7. The number of H-pyrrole nitrogens is 1. The Morgan fingerprint density at radius 1 is 0.725 bits per heavy atom. The Morgan fingerprint density at radius 3 is 2.00 bits per heavy atom. The van der Waals surface area contributed by atoms with Gasteiger partial charge in [0.1, 0.15) is 18.2 Å². The van der Waals surface area contributed by atoms with Gasteiger partial charge in [-0.25, -0.2) is 0 Å². The molecular weight excluding hydrogens is 506 g/mol. The molecule has 0 bridgehead atoms. The highest BCUT2D eigenvalue weighted by molar-refractivity contribution is 6.01. The number of aromatic amines is 1. The van der Waals surface area contributed by atoms with Gasteiger partial charge in [0.15, 0.2) is 0 Å². The minimum Gasteiger partial charge on any atom is -0.491 e. The van der Waals surface area contributed by atoms with Gasteiger partial charge < -0.3 is 29.7 Å². The van der Waals surface area contributed by atoms with Crippen molar-refractivity contribution < 1.29 is 23.7 Å². The molecule has 8 nitrogen and oxygen atoms in total. The lowest BCUT2D eigenvalue weighted by molar-refractivity contribution is -0.107. The van der Waals surface area contributed by atoms with Gasteiger partial charge in [0.25, 0.3) is 0 Å². The molecule has 8 heteroatoms. The van der Waals surface area contributed by atoms with Crippen LogP contribution in [0.2, 0.25) is 0 Å². The average Bonchev–Trinajstić information content (AvgIpc) is 3.29. The third kappa shape index (κ3) is 13.9. The van der Waals surface area contributed by atoms with E-state index in [2.05, 4.69) is 18.8 Å². The first-order valence-electron chi connectivity index (χ1n) is 15.7.